The fourth-order valence-electron chi connectivity index (χ4n) is 2.16. The average Bonchev–Trinajstić information content (AvgIpc) is 2.81. The van der Waals surface area contributed by atoms with Crippen molar-refractivity contribution >= 4 is 15.9 Å². The average molecular weight is 337 g/mol. The molecule has 1 aromatic heterocycles. The minimum absolute atomic E-state index is 0.220. The fraction of sp³-hybridized carbons (Fsp3) is 0.467. The van der Waals surface area contributed by atoms with Crippen LogP contribution >= 0.6 is 15.9 Å². The number of nitrogens with one attached hydrogen (secondary N) is 1. The summed E-state index contributed by atoms with van der Waals surface area (Å²) in [5.41, 5.74) is 4.33. The Morgan fingerprint density at radius 2 is 2.10 bits per heavy atom. The topological polar surface area (TPSA) is 42.7 Å². The Balaban J connectivity index is 2.30. The van der Waals surface area contributed by atoms with Gasteiger partial charge in [0.1, 0.15) is 5.69 Å². The van der Waals surface area contributed by atoms with Crippen molar-refractivity contribution in [1.82, 2.24) is 20.3 Å². The zero-order chi connectivity index (χ0) is 14.7. The molecular weight excluding hydrogens is 316 g/mol. The van der Waals surface area contributed by atoms with Crippen LogP contribution in [0, 0.1) is 13.8 Å². The summed E-state index contributed by atoms with van der Waals surface area (Å²) in [5, 5.41) is 12.1. The molecular formula is C15H21BrN4. The number of halogens is 1. The lowest BCUT2D eigenvalue weighted by Crippen LogP contribution is -2.20. The highest BCUT2D eigenvalue weighted by Gasteiger charge is 2.15. The molecule has 2 rings (SSSR count). The molecule has 1 atom stereocenters. The van der Waals surface area contributed by atoms with Gasteiger partial charge in [0.15, 0.2) is 0 Å². The minimum atomic E-state index is 0.220. The van der Waals surface area contributed by atoms with Crippen molar-refractivity contribution in [2.45, 2.75) is 40.2 Å². The van der Waals surface area contributed by atoms with E-state index in [1.165, 1.54) is 5.56 Å². The van der Waals surface area contributed by atoms with E-state index < -0.39 is 0 Å². The third-order valence-electron chi connectivity index (χ3n) is 3.44. The number of aryl methyl sites for hydroxylation is 1. The predicted octanol–water partition coefficient (Wildman–Crippen LogP) is 3.71. The van der Waals surface area contributed by atoms with Crippen LogP contribution in [-0.4, -0.2) is 21.5 Å². The third-order valence-corrected chi connectivity index (χ3v) is 4.30. The van der Waals surface area contributed by atoms with E-state index in [0.717, 1.165) is 34.5 Å². The SMILES string of the molecule is CCCNC(C)c1nnn(-c2ccc(C)c(Br)c2)c1C. The molecule has 1 unspecified atom stereocenters. The van der Waals surface area contributed by atoms with Crippen LogP contribution in [0.15, 0.2) is 22.7 Å². The van der Waals surface area contributed by atoms with E-state index in [1.807, 2.05) is 4.68 Å². The maximum Gasteiger partial charge on any atom is 0.103 e. The number of hydrogen-bond acceptors (Lipinski definition) is 3. The number of aromatic nitrogens is 3. The Labute approximate surface area is 128 Å². The second-order valence-corrected chi connectivity index (χ2v) is 5.94. The van der Waals surface area contributed by atoms with Gasteiger partial charge in [-0.25, -0.2) is 4.68 Å². The highest BCUT2D eigenvalue weighted by Crippen LogP contribution is 2.22. The van der Waals surface area contributed by atoms with Gasteiger partial charge in [0.25, 0.3) is 0 Å². The first-order valence-electron chi connectivity index (χ1n) is 6.96. The van der Waals surface area contributed by atoms with Crippen molar-refractivity contribution < 1.29 is 0 Å². The maximum absolute atomic E-state index is 4.33. The first kappa shape index (κ1) is 15.2. The number of nitrogens with zero attached hydrogens (tertiary/aromatic N) is 3. The van der Waals surface area contributed by atoms with E-state index in [2.05, 4.69) is 77.5 Å². The van der Waals surface area contributed by atoms with Crippen LogP contribution < -0.4 is 5.32 Å². The summed E-state index contributed by atoms with van der Waals surface area (Å²) in [7, 11) is 0. The molecule has 1 N–H and O–H groups in total. The Morgan fingerprint density at radius 3 is 2.75 bits per heavy atom. The molecule has 0 aliphatic heterocycles. The summed E-state index contributed by atoms with van der Waals surface area (Å²) in [6.45, 7) is 9.41. The zero-order valence-corrected chi connectivity index (χ0v) is 14.0. The number of rotatable bonds is 5. The van der Waals surface area contributed by atoms with Crippen LogP contribution in [0.25, 0.3) is 5.69 Å². The standard InChI is InChI=1S/C15H21BrN4/c1-5-8-17-11(3)15-12(4)20(19-18-15)13-7-6-10(2)14(16)9-13/h6-7,9,11,17H,5,8H2,1-4H3. The molecule has 0 amide bonds. The van der Waals surface area contributed by atoms with Crippen molar-refractivity contribution in [2.75, 3.05) is 6.54 Å². The Morgan fingerprint density at radius 1 is 1.35 bits per heavy atom. The molecule has 2 aromatic rings. The van der Waals surface area contributed by atoms with Gasteiger partial charge in [0.2, 0.25) is 0 Å². The fourth-order valence-corrected chi connectivity index (χ4v) is 2.52. The van der Waals surface area contributed by atoms with Gasteiger partial charge in [-0.2, -0.15) is 0 Å². The quantitative estimate of drug-likeness (QED) is 0.904. The summed E-state index contributed by atoms with van der Waals surface area (Å²) < 4.78 is 2.98. The van der Waals surface area contributed by atoms with E-state index in [4.69, 9.17) is 0 Å². The van der Waals surface area contributed by atoms with Crippen molar-refractivity contribution in [1.29, 1.82) is 0 Å². The summed E-state index contributed by atoms with van der Waals surface area (Å²) >= 11 is 3.56. The van der Waals surface area contributed by atoms with E-state index in [1.54, 1.807) is 0 Å². The van der Waals surface area contributed by atoms with E-state index in [9.17, 15) is 0 Å². The summed E-state index contributed by atoms with van der Waals surface area (Å²) in [5.74, 6) is 0. The second kappa shape index (κ2) is 6.50. The molecule has 1 aromatic carbocycles. The normalized spacial score (nSPS) is 12.7. The Bertz CT molecular complexity index is 592. The molecule has 4 nitrogen and oxygen atoms in total. The van der Waals surface area contributed by atoms with Crippen molar-refractivity contribution in [2.24, 2.45) is 0 Å². The van der Waals surface area contributed by atoms with Gasteiger partial charge >= 0.3 is 0 Å². The number of benzene rings is 1. The van der Waals surface area contributed by atoms with Crippen LogP contribution in [0.5, 0.6) is 0 Å². The first-order valence-corrected chi connectivity index (χ1v) is 7.76. The molecule has 20 heavy (non-hydrogen) atoms. The summed E-state index contributed by atoms with van der Waals surface area (Å²) in [6, 6.07) is 6.44. The molecule has 0 radical (unpaired) electrons. The van der Waals surface area contributed by atoms with Gasteiger partial charge in [-0.3, -0.25) is 0 Å². The monoisotopic (exact) mass is 336 g/mol. The lowest BCUT2D eigenvalue weighted by Gasteiger charge is -2.11. The Hall–Kier alpha value is -1.20. The van der Waals surface area contributed by atoms with E-state index >= 15 is 0 Å². The molecule has 5 heteroatoms. The summed E-state index contributed by atoms with van der Waals surface area (Å²) in [6.07, 6.45) is 1.11. The summed E-state index contributed by atoms with van der Waals surface area (Å²) in [4.78, 5) is 0. The lowest BCUT2D eigenvalue weighted by molar-refractivity contribution is 0.555. The van der Waals surface area contributed by atoms with E-state index in [-0.39, 0.29) is 6.04 Å². The van der Waals surface area contributed by atoms with Crippen molar-refractivity contribution in [3.8, 4) is 5.69 Å². The largest absolute Gasteiger partial charge is 0.309 e. The van der Waals surface area contributed by atoms with Crippen LogP contribution in [0.2, 0.25) is 0 Å². The van der Waals surface area contributed by atoms with Crippen LogP contribution in [0.3, 0.4) is 0 Å². The molecule has 0 aliphatic carbocycles. The van der Waals surface area contributed by atoms with Gasteiger partial charge in [-0.1, -0.05) is 34.1 Å². The molecule has 0 fully saturated rings. The molecule has 108 valence electrons. The first-order chi connectivity index (χ1) is 9.54. The van der Waals surface area contributed by atoms with Gasteiger partial charge in [0, 0.05) is 4.47 Å². The second-order valence-electron chi connectivity index (χ2n) is 5.08. The number of hydrogen-bond donors (Lipinski definition) is 1. The van der Waals surface area contributed by atoms with Crippen LogP contribution in [0.4, 0.5) is 0 Å². The highest BCUT2D eigenvalue weighted by molar-refractivity contribution is 9.10. The minimum Gasteiger partial charge on any atom is -0.309 e. The lowest BCUT2D eigenvalue weighted by atomic mass is 10.2. The molecule has 0 bridgehead atoms. The van der Waals surface area contributed by atoms with Gasteiger partial charge in [0.05, 0.1) is 17.4 Å². The molecule has 0 saturated carbocycles. The van der Waals surface area contributed by atoms with Gasteiger partial charge < -0.3 is 5.32 Å². The van der Waals surface area contributed by atoms with Crippen molar-refractivity contribution in [3.05, 3.63) is 39.6 Å². The maximum atomic E-state index is 4.33. The van der Waals surface area contributed by atoms with Crippen molar-refractivity contribution in [3.63, 3.8) is 0 Å². The predicted molar refractivity (Wildman–Crippen MR) is 85.2 cm³/mol. The molecule has 0 spiro atoms. The van der Waals surface area contributed by atoms with Gasteiger partial charge in [-0.05, 0) is 51.4 Å². The zero-order valence-electron chi connectivity index (χ0n) is 12.4. The smallest absolute Gasteiger partial charge is 0.103 e. The Kier molecular flexibility index (Phi) is 4.94. The molecule has 1 heterocycles. The van der Waals surface area contributed by atoms with E-state index in [0.29, 0.717) is 0 Å². The molecule has 0 aliphatic rings. The van der Waals surface area contributed by atoms with Crippen LogP contribution in [0.1, 0.15) is 43.3 Å². The third kappa shape index (κ3) is 3.10. The van der Waals surface area contributed by atoms with Gasteiger partial charge in [-0.15, -0.1) is 5.10 Å². The molecule has 0 saturated heterocycles. The van der Waals surface area contributed by atoms with Crippen LogP contribution in [-0.2, 0) is 0 Å². The highest BCUT2D eigenvalue weighted by atomic mass is 79.9.